The summed E-state index contributed by atoms with van der Waals surface area (Å²) in [5.74, 6) is 0.540. The summed E-state index contributed by atoms with van der Waals surface area (Å²) >= 11 is 0. The minimum Gasteiger partial charge on any atom is -0.411 e. The molecule has 3 nitrogen and oxygen atoms in total. The zero-order valence-corrected chi connectivity index (χ0v) is 9.30. The van der Waals surface area contributed by atoms with Crippen molar-refractivity contribution in [1.29, 1.82) is 0 Å². The maximum Gasteiger partial charge on any atom is 0.0768 e. The zero-order valence-electron chi connectivity index (χ0n) is 9.30. The Labute approximate surface area is 85.9 Å². The van der Waals surface area contributed by atoms with Gasteiger partial charge in [-0.15, -0.1) is 0 Å². The van der Waals surface area contributed by atoms with Crippen LogP contribution < -0.4 is 5.32 Å². The van der Waals surface area contributed by atoms with Gasteiger partial charge in [-0.1, -0.05) is 17.3 Å². The number of allylic oxidation sites excluding steroid dienone is 1. The van der Waals surface area contributed by atoms with Crippen LogP contribution in [0.1, 0.15) is 33.1 Å². The van der Waals surface area contributed by atoms with E-state index in [1.807, 2.05) is 7.05 Å². The summed E-state index contributed by atoms with van der Waals surface area (Å²) in [5, 5.41) is 15.5. The van der Waals surface area contributed by atoms with Gasteiger partial charge in [-0.25, -0.2) is 0 Å². The monoisotopic (exact) mass is 196 g/mol. The lowest BCUT2D eigenvalue weighted by atomic mass is 9.73. The molecule has 2 N–H and O–H groups in total. The van der Waals surface area contributed by atoms with Crippen LogP contribution in [0.25, 0.3) is 0 Å². The van der Waals surface area contributed by atoms with Crippen LogP contribution >= 0.6 is 0 Å². The molecule has 1 aliphatic rings. The first-order valence-corrected chi connectivity index (χ1v) is 5.09. The summed E-state index contributed by atoms with van der Waals surface area (Å²) in [5.41, 5.74) is 1.91. The molecule has 3 heteroatoms. The van der Waals surface area contributed by atoms with Gasteiger partial charge in [-0.3, -0.25) is 0 Å². The molecule has 1 rings (SSSR count). The Morgan fingerprint density at radius 3 is 2.79 bits per heavy atom. The maximum absolute atomic E-state index is 8.91. The molecule has 0 bridgehead atoms. The quantitative estimate of drug-likeness (QED) is 0.404. The van der Waals surface area contributed by atoms with Crippen LogP contribution in [0.5, 0.6) is 0 Å². The minimum absolute atomic E-state index is 0.170. The largest absolute Gasteiger partial charge is 0.411 e. The molecule has 2 atom stereocenters. The highest BCUT2D eigenvalue weighted by Crippen LogP contribution is 2.33. The molecule has 0 aliphatic heterocycles. The van der Waals surface area contributed by atoms with Crippen molar-refractivity contribution in [3.63, 3.8) is 0 Å². The molecule has 0 saturated heterocycles. The molecule has 0 radical (unpaired) electrons. The Hall–Kier alpha value is -0.830. The van der Waals surface area contributed by atoms with E-state index in [1.54, 1.807) is 0 Å². The molecule has 0 aromatic heterocycles. The smallest absolute Gasteiger partial charge is 0.0768 e. The molecule has 1 fully saturated rings. The highest BCUT2D eigenvalue weighted by Gasteiger charge is 2.36. The van der Waals surface area contributed by atoms with Gasteiger partial charge in [-0.05, 0) is 46.1 Å². The molecule has 0 aromatic carbocycles. The molecule has 1 saturated carbocycles. The SMILES string of the molecule is C=C(C)[C@@H]1CC/C(=N\O)[C@@](C)(NC)C1. The van der Waals surface area contributed by atoms with Crippen molar-refractivity contribution >= 4 is 5.71 Å². The number of oxime groups is 1. The third kappa shape index (κ3) is 1.98. The van der Waals surface area contributed by atoms with Gasteiger partial charge in [0, 0.05) is 0 Å². The third-order valence-electron chi connectivity index (χ3n) is 3.39. The van der Waals surface area contributed by atoms with E-state index in [1.165, 1.54) is 5.57 Å². The van der Waals surface area contributed by atoms with E-state index < -0.39 is 0 Å². The fourth-order valence-electron chi connectivity index (χ4n) is 2.13. The first-order valence-electron chi connectivity index (χ1n) is 5.09. The Morgan fingerprint density at radius 2 is 2.36 bits per heavy atom. The molecule has 0 aromatic rings. The average Bonchev–Trinajstić information content (AvgIpc) is 2.17. The van der Waals surface area contributed by atoms with Gasteiger partial charge in [0.25, 0.3) is 0 Å². The minimum atomic E-state index is -0.170. The topological polar surface area (TPSA) is 44.6 Å². The summed E-state index contributed by atoms with van der Waals surface area (Å²) in [4.78, 5) is 0. The van der Waals surface area contributed by atoms with Gasteiger partial charge in [0.2, 0.25) is 0 Å². The van der Waals surface area contributed by atoms with Crippen LogP contribution in [0.4, 0.5) is 0 Å². The average molecular weight is 196 g/mol. The van der Waals surface area contributed by atoms with Crippen LogP contribution in [0.2, 0.25) is 0 Å². The van der Waals surface area contributed by atoms with Gasteiger partial charge >= 0.3 is 0 Å². The van der Waals surface area contributed by atoms with Crippen molar-refractivity contribution in [2.75, 3.05) is 7.05 Å². The summed E-state index contributed by atoms with van der Waals surface area (Å²) in [7, 11) is 1.91. The normalized spacial score (nSPS) is 35.9. The number of nitrogens with one attached hydrogen (secondary N) is 1. The summed E-state index contributed by atoms with van der Waals surface area (Å²) < 4.78 is 0. The maximum atomic E-state index is 8.91. The van der Waals surface area contributed by atoms with Gasteiger partial charge in [0.1, 0.15) is 0 Å². The molecule has 80 valence electrons. The standard InChI is InChI=1S/C11H20N2O/c1-8(2)9-5-6-10(13-14)11(3,7-9)12-4/h9,12,14H,1,5-7H2,2-4H3/b13-10+/t9-,11+/m1/s1. The van der Waals surface area contributed by atoms with Crippen molar-refractivity contribution in [3.05, 3.63) is 12.2 Å². The fraction of sp³-hybridized carbons (Fsp3) is 0.727. The molecule has 0 spiro atoms. The van der Waals surface area contributed by atoms with Crippen LogP contribution in [0, 0.1) is 5.92 Å². The van der Waals surface area contributed by atoms with E-state index in [9.17, 15) is 0 Å². The van der Waals surface area contributed by atoms with Gasteiger partial charge in [-0.2, -0.15) is 0 Å². The Kier molecular flexibility index (Phi) is 3.32. The van der Waals surface area contributed by atoms with Gasteiger partial charge in [0.05, 0.1) is 11.3 Å². The first-order chi connectivity index (χ1) is 6.53. The Balaban J connectivity index is 2.83. The number of nitrogens with zero attached hydrogens (tertiary/aromatic N) is 1. The lowest BCUT2D eigenvalue weighted by Crippen LogP contribution is -2.51. The number of hydrogen-bond acceptors (Lipinski definition) is 3. The third-order valence-corrected chi connectivity index (χ3v) is 3.39. The lowest BCUT2D eigenvalue weighted by Gasteiger charge is -2.38. The van der Waals surface area contributed by atoms with Crippen molar-refractivity contribution < 1.29 is 5.21 Å². The van der Waals surface area contributed by atoms with E-state index in [0.29, 0.717) is 5.92 Å². The fourth-order valence-corrected chi connectivity index (χ4v) is 2.13. The van der Waals surface area contributed by atoms with Crippen LogP contribution in [-0.2, 0) is 0 Å². The van der Waals surface area contributed by atoms with Gasteiger partial charge in [0.15, 0.2) is 0 Å². The second kappa shape index (κ2) is 4.13. The summed E-state index contributed by atoms with van der Waals surface area (Å²) in [6.45, 7) is 8.15. The number of hydrogen-bond donors (Lipinski definition) is 2. The van der Waals surface area contributed by atoms with Crippen LogP contribution in [-0.4, -0.2) is 23.5 Å². The van der Waals surface area contributed by atoms with Crippen molar-refractivity contribution in [3.8, 4) is 0 Å². The molecule has 0 heterocycles. The van der Waals surface area contributed by atoms with E-state index >= 15 is 0 Å². The first kappa shape index (κ1) is 11.2. The highest BCUT2D eigenvalue weighted by atomic mass is 16.4. The van der Waals surface area contributed by atoms with E-state index in [4.69, 9.17) is 5.21 Å². The summed E-state index contributed by atoms with van der Waals surface area (Å²) in [6, 6.07) is 0. The lowest BCUT2D eigenvalue weighted by molar-refractivity contribution is 0.288. The van der Waals surface area contributed by atoms with Crippen molar-refractivity contribution in [2.45, 2.75) is 38.6 Å². The van der Waals surface area contributed by atoms with E-state index in [2.05, 4.69) is 30.9 Å². The predicted octanol–water partition coefficient (Wildman–Crippen LogP) is 2.17. The predicted molar refractivity (Wildman–Crippen MR) is 58.8 cm³/mol. The number of rotatable bonds is 2. The molecule has 0 unspecified atom stereocenters. The molecule has 0 amide bonds. The Morgan fingerprint density at radius 1 is 1.71 bits per heavy atom. The van der Waals surface area contributed by atoms with Gasteiger partial charge < -0.3 is 10.5 Å². The zero-order chi connectivity index (χ0) is 10.8. The van der Waals surface area contributed by atoms with Crippen LogP contribution in [0.3, 0.4) is 0 Å². The summed E-state index contributed by atoms with van der Waals surface area (Å²) in [6.07, 6.45) is 2.87. The van der Waals surface area contributed by atoms with Crippen molar-refractivity contribution in [1.82, 2.24) is 5.32 Å². The molecule has 14 heavy (non-hydrogen) atoms. The second-order valence-electron chi connectivity index (χ2n) is 4.41. The van der Waals surface area contributed by atoms with Crippen molar-refractivity contribution in [2.24, 2.45) is 11.1 Å². The van der Waals surface area contributed by atoms with E-state index in [0.717, 1.165) is 25.0 Å². The highest BCUT2D eigenvalue weighted by molar-refractivity contribution is 5.93. The second-order valence-corrected chi connectivity index (χ2v) is 4.41. The van der Waals surface area contributed by atoms with Crippen LogP contribution in [0.15, 0.2) is 17.3 Å². The molecule has 1 aliphatic carbocycles. The molecular weight excluding hydrogens is 176 g/mol. The molecular formula is C11H20N2O. The van der Waals surface area contributed by atoms with E-state index in [-0.39, 0.29) is 5.54 Å². The Bertz CT molecular complexity index is 260.